The van der Waals surface area contributed by atoms with Crippen LogP contribution >= 0.6 is 12.2 Å². The van der Waals surface area contributed by atoms with E-state index in [9.17, 15) is 4.79 Å². The van der Waals surface area contributed by atoms with Crippen LogP contribution in [0.5, 0.6) is 0 Å². The number of hydrogen-bond acceptors (Lipinski definition) is 3. The Labute approximate surface area is 107 Å². The predicted molar refractivity (Wildman–Crippen MR) is 71.9 cm³/mol. The van der Waals surface area contributed by atoms with Crippen LogP contribution in [0, 0.1) is 12.8 Å². The molecule has 0 radical (unpaired) electrons. The Morgan fingerprint density at radius 1 is 1.53 bits per heavy atom. The summed E-state index contributed by atoms with van der Waals surface area (Å²) < 4.78 is 0. The van der Waals surface area contributed by atoms with Crippen molar-refractivity contribution >= 4 is 23.1 Å². The first kappa shape index (κ1) is 13.6. The Morgan fingerprint density at radius 2 is 2.18 bits per heavy atom. The standard InChI is InChI=1S/C12H17N3OS/c1-7(2)10(11(13)17)15-12(16)9-5-4-6-14-8(9)3/h4-7,10H,1-3H3,(H2,13,17)(H,15,16). The molecule has 1 heterocycles. The van der Waals surface area contributed by atoms with Crippen molar-refractivity contribution in [2.24, 2.45) is 11.7 Å². The van der Waals surface area contributed by atoms with Crippen molar-refractivity contribution in [3.05, 3.63) is 29.6 Å². The molecule has 0 aliphatic heterocycles. The summed E-state index contributed by atoms with van der Waals surface area (Å²) in [5.41, 5.74) is 6.84. The number of carbonyl (C=O) groups is 1. The molecule has 0 saturated carbocycles. The lowest BCUT2D eigenvalue weighted by Gasteiger charge is -2.21. The minimum Gasteiger partial charge on any atom is -0.392 e. The van der Waals surface area contributed by atoms with Crippen molar-refractivity contribution in [3.63, 3.8) is 0 Å². The molecular weight excluding hydrogens is 234 g/mol. The van der Waals surface area contributed by atoms with E-state index in [2.05, 4.69) is 10.3 Å². The molecule has 0 bridgehead atoms. The highest BCUT2D eigenvalue weighted by Gasteiger charge is 2.20. The summed E-state index contributed by atoms with van der Waals surface area (Å²) in [5, 5.41) is 2.83. The van der Waals surface area contributed by atoms with Gasteiger partial charge in [0.2, 0.25) is 0 Å². The number of pyridine rings is 1. The van der Waals surface area contributed by atoms with Gasteiger partial charge < -0.3 is 11.1 Å². The van der Waals surface area contributed by atoms with Crippen LogP contribution in [0.4, 0.5) is 0 Å². The maximum atomic E-state index is 12.0. The quantitative estimate of drug-likeness (QED) is 0.794. The molecule has 0 saturated heterocycles. The molecule has 92 valence electrons. The Morgan fingerprint density at radius 3 is 2.65 bits per heavy atom. The molecule has 1 unspecified atom stereocenters. The number of aryl methyl sites for hydroxylation is 1. The largest absolute Gasteiger partial charge is 0.392 e. The van der Waals surface area contributed by atoms with Crippen molar-refractivity contribution in [2.45, 2.75) is 26.8 Å². The third kappa shape index (κ3) is 3.49. The zero-order valence-electron chi connectivity index (χ0n) is 10.2. The molecule has 0 aliphatic rings. The number of hydrogen-bond donors (Lipinski definition) is 2. The lowest BCUT2D eigenvalue weighted by Crippen LogP contribution is -2.47. The van der Waals surface area contributed by atoms with Crippen molar-refractivity contribution in [2.75, 3.05) is 0 Å². The molecule has 1 atom stereocenters. The van der Waals surface area contributed by atoms with Gasteiger partial charge in [0, 0.05) is 11.9 Å². The average Bonchev–Trinajstić information content (AvgIpc) is 2.25. The van der Waals surface area contributed by atoms with Gasteiger partial charge in [0.05, 0.1) is 16.6 Å². The summed E-state index contributed by atoms with van der Waals surface area (Å²) in [6.07, 6.45) is 1.65. The first-order valence-corrected chi connectivity index (χ1v) is 5.86. The molecule has 1 rings (SSSR count). The molecule has 0 fully saturated rings. The van der Waals surface area contributed by atoms with E-state index in [1.54, 1.807) is 25.3 Å². The predicted octanol–water partition coefficient (Wildman–Crippen LogP) is 1.43. The maximum absolute atomic E-state index is 12.0. The van der Waals surface area contributed by atoms with Crippen LogP contribution in [-0.4, -0.2) is 21.9 Å². The summed E-state index contributed by atoms with van der Waals surface area (Å²) in [4.78, 5) is 16.4. The fourth-order valence-electron chi connectivity index (χ4n) is 1.51. The first-order valence-electron chi connectivity index (χ1n) is 5.45. The molecule has 17 heavy (non-hydrogen) atoms. The maximum Gasteiger partial charge on any atom is 0.253 e. The number of thiocarbonyl (C=S) groups is 1. The molecule has 5 heteroatoms. The van der Waals surface area contributed by atoms with Crippen LogP contribution < -0.4 is 11.1 Å². The van der Waals surface area contributed by atoms with Gasteiger partial charge in [-0.1, -0.05) is 26.1 Å². The van der Waals surface area contributed by atoms with Gasteiger partial charge in [-0.05, 0) is 25.0 Å². The number of nitrogens with two attached hydrogens (primary N) is 1. The van der Waals surface area contributed by atoms with Crippen LogP contribution in [0.1, 0.15) is 29.9 Å². The van der Waals surface area contributed by atoms with Crippen LogP contribution in [0.3, 0.4) is 0 Å². The fourth-order valence-corrected chi connectivity index (χ4v) is 1.84. The van der Waals surface area contributed by atoms with E-state index in [0.29, 0.717) is 16.2 Å². The lowest BCUT2D eigenvalue weighted by molar-refractivity contribution is 0.0939. The molecule has 3 N–H and O–H groups in total. The second-order valence-corrected chi connectivity index (χ2v) is 4.71. The SMILES string of the molecule is Cc1ncccc1C(=O)NC(C(N)=S)C(C)C. The highest BCUT2D eigenvalue weighted by molar-refractivity contribution is 7.80. The number of carbonyl (C=O) groups excluding carboxylic acids is 1. The molecule has 1 aromatic heterocycles. The smallest absolute Gasteiger partial charge is 0.253 e. The molecule has 1 aromatic rings. The summed E-state index contributed by atoms with van der Waals surface area (Å²) in [6, 6.07) is 3.17. The summed E-state index contributed by atoms with van der Waals surface area (Å²) >= 11 is 4.94. The van der Waals surface area contributed by atoms with Gasteiger partial charge in [-0.25, -0.2) is 0 Å². The summed E-state index contributed by atoms with van der Waals surface area (Å²) in [5.74, 6) is -0.0319. The zero-order chi connectivity index (χ0) is 13.0. The van der Waals surface area contributed by atoms with Gasteiger partial charge in [0.15, 0.2) is 0 Å². The molecule has 0 aromatic carbocycles. The monoisotopic (exact) mass is 251 g/mol. The van der Waals surface area contributed by atoms with Crippen molar-refractivity contribution in [1.29, 1.82) is 0 Å². The second-order valence-electron chi connectivity index (χ2n) is 4.23. The Bertz CT molecular complexity index is 432. The van der Waals surface area contributed by atoms with Crippen molar-refractivity contribution in [1.82, 2.24) is 10.3 Å². The zero-order valence-corrected chi connectivity index (χ0v) is 11.0. The van der Waals surface area contributed by atoms with Gasteiger partial charge >= 0.3 is 0 Å². The highest BCUT2D eigenvalue weighted by atomic mass is 32.1. The Kier molecular flexibility index (Phi) is 4.57. The summed E-state index contributed by atoms with van der Waals surface area (Å²) in [7, 11) is 0. The molecule has 4 nitrogen and oxygen atoms in total. The van der Waals surface area contributed by atoms with Crippen molar-refractivity contribution < 1.29 is 4.79 Å². The summed E-state index contributed by atoms with van der Waals surface area (Å²) in [6.45, 7) is 5.71. The van der Waals surface area contributed by atoms with Crippen LogP contribution in [-0.2, 0) is 0 Å². The number of amides is 1. The van der Waals surface area contributed by atoms with E-state index in [1.807, 2.05) is 13.8 Å². The van der Waals surface area contributed by atoms with Crippen LogP contribution in [0.2, 0.25) is 0 Å². The van der Waals surface area contributed by atoms with Crippen molar-refractivity contribution in [3.8, 4) is 0 Å². The number of nitrogens with zero attached hydrogens (tertiary/aromatic N) is 1. The minimum absolute atomic E-state index is 0.161. The van der Waals surface area contributed by atoms with E-state index < -0.39 is 0 Å². The molecule has 1 amide bonds. The van der Waals surface area contributed by atoms with Gasteiger partial charge in [-0.3, -0.25) is 9.78 Å². The first-order chi connectivity index (χ1) is 7.93. The van der Waals surface area contributed by atoms with E-state index in [-0.39, 0.29) is 17.9 Å². The fraction of sp³-hybridized carbons (Fsp3) is 0.417. The van der Waals surface area contributed by atoms with Gasteiger partial charge in [-0.15, -0.1) is 0 Å². The van der Waals surface area contributed by atoms with E-state index in [1.165, 1.54) is 0 Å². The minimum atomic E-state index is -0.294. The van der Waals surface area contributed by atoms with E-state index in [4.69, 9.17) is 18.0 Å². The van der Waals surface area contributed by atoms with Gasteiger partial charge in [0.1, 0.15) is 0 Å². The van der Waals surface area contributed by atoms with Gasteiger partial charge in [-0.2, -0.15) is 0 Å². The number of rotatable bonds is 4. The average molecular weight is 251 g/mol. The Hall–Kier alpha value is -1.49. The number of aromatic nitrogens is 1. The molecule has 0 spiro atoms. The Balaban J connectivity index is 2.85. The van der Waals surface area contributed by atoms with E-state index >= 15 is 0 Å². The molecule has 0 aliphatic carbocycles. The third-order valence-electron chi connectivity index (χ3n) is 2.51. The van der Waals surface area contributed by atoms with Gasteiger partial charge in [0.25, 0.3) is 5.91 Å². The normalized spacial score (nSPS) is 12.2. The highest BCUT2D eigenvalue weighted by Crippen LogP contribution is 2.07. The van der Waals surface area contributed by atoms with E-state index in [0.717, 1.165) is 0 Å². The topological polar surface area (TPSA) is 68.0 Å². The third-order valence-corrected chi connectivity index (χ3v) is 2.77. The van der Waals surface area contributed by atoms with Crippen LogP contribution in [0.15, 0.2) is 18.3 Å². The lowest BCUT2D eigenvalue weighted by atomic mass is 10.0. The molecular formula is C12H17N3OS. The number of nitrogens with one attached hydrogen (secondary N) is 1. The van der Waals surface area contributed by atoms with Crippen LogP contribution in [0.25, 0.3) is 0 Å². The second kappa shape index (κ2) is 5.72.